The Bertz CT molecular complexity index is 1110. The Morgan fingerprint density at radius 2 is 1.70 bits per heavy atom. The number of methoxy groups -OCH3 is 1. The summed E-state index contributed by atoms with van der Waals surface area (Å²) in [7, 11) is 1.26. The van der Waals surface area contributed by atoms with Gasteiger partial charge in [0.15, 0.2) is 0 Å². The maximum atomic E-state index is 11.6. The molecule has 10 nitrogen and oxygen atoms in total. The van der Waals surface area contributed by atoms with Gasteiger partial charge >= 0.3 is 5.97 Å². The summed E-state index contributed by atoms with van der Waals surface area (Å²) < 4.78 is 4.20. The molecule has 1 amide bonds. The lowest BCUT2D eigenvalue weighted by Gasteiger charge is -2.12. The van der Waals surface area contributed by atoms with E-state index in [-0.39, 0.29) is 18.1 Å². The van der Waals surface area contributed by atoms with Crippen molar-refractivity contribution >= 4 is 34.7 Å². The first kappa shape index (κ1) is 26.5. The number of anilines is 2. The normalized spacial score (nSPS) is 11.4. The molecule has 33 heavy (non-hydrogen) atoms. The second-order valence-corrected chi connectivity index (χ2v) is 6.60. The van der Waals surface area contributed by atoms with Crippen molar-refractivity contribution in [3.05, 3.63) is 59.7 Å². The van der Waals surface area contributed by atoms with Crippen LogP contribution in [0.15, 0.2) is 53.6 Å². The Kier molecular flexibility index (Phi) is 11.0. The highest BCUT2D eigenvalue weighted by atomic mass is 16.5. The number of hydrogen-bond donors (Lipinski definition) is 2. The van der Waals surface area contributed by atoms with Gasteiger partial charge in [-0.2, -0.15) is 20.6 Å². The number of Topliss-reactive ketones (excluding diaryl/α,β-unsaturated/α-hetero) is 1. The van der Waals surface area contributed by atoms with Crippen molar-refractivity contribution in [1.29, 1.82) is 10.5 Å². The van der Waals surface area contributed by atoms with Crippen LogP contribution in [0.3, 0.4) is 0 Å². The second-order valence-electron chi connectivity index (χ2n) is 6.60. The molecule has 0 aromatic heterocycles. The number of ether oxygens (including phenoxy) is 1. The molecule has 0 unspecified atom stereocenters. The molecular weight excluding hydrogens is 424 g/mol. The van der Waals surface area contributed by atoms with Crippen LogP contribution < -0.4 is 16.3 Å². The zero-order chi connectivity index (χ0) is 24.8. The third-order valence-electron chi connectivity index (χ3n) is 3.99. The molecule has 1 aliphatic heterocycles. The molecule has 0 radical (unpaired) electrons. The number of benzene rings is 2. The highest BCUT2D eigenvalue weighted by Crippen LogP contribution is 2.23. The van der Waals surface area contributed by atoms with Gasteiger partial charge in [-0.1, -0.05) is 24.3 Å². The minimum atomic E-state index is -0.475. The maximum absolute atomic E-state index is 11.6. The number of rotatable bonds is 4. The van der Waals surface area contributed by atoms with Gasteiger partial charge in [0.05, 0.1) is 36.0 Å². The molecule has 0 spiro atoms. The molecule has 0 saturated carbocycles. The van der Waals surface area contributed by atoms with Crippen LogP contribution in [0.5, 0.6) is 0 Å². The topological polar surface area (TPSA) is 162 Å². The average Bonchev–Trinajstić information content (AvgIpc) is 3.16. The summed E-state index contributed by atoms with van der Waals surface area (Å²) in [4.78, 5) is 31.8. The van der Waals surface area contributed by atoms with Gasteiger partial charge in [-0.05, 0) is 38.1 Å². The third-order valence-corrected chi connectivity index (χ3v) is 3.99. The Labute approximate surface area is 191 Å². The molecular formula is C23H24N6O4. The van der Waals surface area contributed by atoms with Crippen molar-refractivity contribution in [2.24, 2.45) is 10.9 Å². The summed E-state index contributed by atoms with van der Waals surface area (Å²) in [5.41, 5.74) is 5.43. The minimum absolute atomic E-state index is 0.0878. The largest absolute Gasteiger partial charge is 0.469 e. The van der Waals surface area contributed by atoms with E-state index in [1.165, 1.54) is 19.0 Å². The number of nitrogen functional groups attached to an aromatic ring is 1. The van der Waals surface area contributed by atoms with E-state index in [1.54, 1.807) is 49.4 Å². The molecule has 1 aliphatic rings. The Hall–Kier alpha value is -4.54. The average molecular weight is 448 g/mol. The number of ketones is 1. The van der Waals surface area contributed by atoms with E-state index in [1.807, 2.05) is 18.2 Å². The molecule has 3 rings (SSSR count). The van der Waals surface area contributed by atoms with Crippen molar-refractivity contribution in [3.8, 4) is 12.1 Å². The van der Waals surface area contributed by atoms with Crippen molar-refractivity contribution in [1.82, 2.24) is 0 Å². The van der Waals surface area contributed by atoms with Gasteiger partial charge in [0, 0.05) is 5.71 Å². The Morgan fingerprint density at radius 1 is 1.12 bits per heavy atom. The number of hydrazone groups is 1. The number of amides is 1. The number of nitriles is 2. The first-order valence-electron chi connectivity index (χ1n) is 9.65. The van der Waals surface area contributed by atoms with Gasteiger partial charge < -0.3 is 10.2 Å². The number of carbonyl (C=O) groups is 3. The predicted molar refractivity (Wildman–Crippen MR) is 123 cm³/mol. The lowest BCUT2D eigenvalue weighted by atomic mass is 10.2. The van der Waals surface area contributed by atoms with Gasteiger partial charge in [-0.25, -0.2) is 0 Å². The number of para-hydroxylation sites is 2. The maximum Gasteiger partial charge on any atom is 0.313 e. The third kappa shape index (κ3) is 8.61. The first-order chi connectivity index (χ1) is 15.8. The van der Waals surface area contributed by atoms with E-state index < -0.39 is 5.97 Å². The molecule has 0 saturated heterocycles. The summed E-state index contributed by atoms with van der Waals surface area (Å²) in [5, 5.41) is 22.8. The highest BCUT2D eigenvalue weighted by molar-refractivity contribution is 6.12. The monoisotopic (exact) mass is 448 g/mol. The van der Waals surface area contributed by atoms with Crippen molar-refractivity contribution in [2.75, 3.05) is 17.5 Å². The number of nitrogens with one attached hydrogen (secondary N) is 1. The van der Waals surface area contributed by atoms with Crippen molar-refractivity contribution in [2.45, 2.75) is 26.7 Å². The summed E-state index contributed by atoms with van der Waals surface area (Å²) in [6, 6.07) is 18.0. The minimum Gasteiger partial charge on any atom is -0.469 e. The van der Waals surface area contributed by atoms with Gasteiger partial charge in [0.25, 0.3) is 5.91 Å². The standard InChI is InChI=1S/C11H9N3O.C7H7N3.C5H8O3/c1-8-6-11(15)14(13-8)10-5-3-2-4-9(10)7-12;8-5-6-3-1-2-4-7(6)10-9;1-4(6)3-5(7)8-2/h2-5H,6H2,1H3;1-4,10H,9H2;3H2,1-2H3. The zero-order valence-electron chi connectivity index (χ0n) is 18.5. The van der Waals surface area contributed by atoms with Crippen LogP contribution in [0.4, 0.5) is 11.4 Å². The van der Waals surface area contributed by atoms with Crippen LogP contribution in [0.2, 0.25) is 0 Å². The molecule has 0 aliphatic carbocycles. The van der Waals surface area contributed by atoms with Crippen LogP contribution in [0, 0.1) is 22.7 Å². The van der Waals surface area contributed by atoms with E-state index in [4.69, 9.17) is 16.4 Å². The van der Waals surface area contributed by atoms with Crippen LogP contribution in [0.1, 0.15) is 37.8 Å². The van der Waals surface area contributed by atoms with E-state index >= 15 is 0 Å². The first-order valence-corrected chi connectivity index (χ1v) is 9.65. The smallest absolute Gasteiger partial charge is 0.313 e. The number of esters is 1. The van der Waals surface area contributed by atoms with Gasteiger partial charge in [-0.3, -0.25) is 20.2 Å². The fourth-order valence-corrected chi connectivity index (χ4v) is 2.48. The molecule has 2 aromatic rings. The van der Waals surface area contributed by atoms with Crippen LogP contribution in [0.25, 0.3) is 0 Å². The fraction of sp³-hybridized carbons (Fsp3) is 0.217. The molecule has 10 heteroatoms. The second kappa shape index (κ2) is 13.7. The molecule has 0 atom stereocenters. The predicted octanol–water partition coefficient (Wildman–Crippen LogP) is 2.65. The lowest BCUT2D eigenvalue weighted by molar-refractivity contribution is -0.143. The van der Waals surface area contributed by atoms with Crippen LogP contribution in [-0.4, -0.2) is 30.5 Å². The molecule has 0 bridgehead atoms. The van der Waals surface area contributed by atoms with Gasteiger partial charge in [-0.15, -0.1) is 0 Å². The number of hydrazine groups is 1. The van der Waals surface area contributed by atoms with E-state index in [0.29, 0.717) is 28.9 Å². The van der Waals surface area contributed by atoms with Crippen LogP contribution in [-0.2, 0) is 19.1 Å². The number of hydrogen-bond acceptors (Lipinski definition) is 9. The zero-order valence-corrected chi connectivity index (χ0v) is 18.5. The molecule has 2 aromatic carbocycles. The molecule has 1 heterocycles. The van der Waals surface area contributed by atoms with Crippen molar-refractivity contribution < 1.29 is 19.1 Å². The number of nitrogens with zero attached hydrogens (tertiary/aromatic N) is 4. The highest BCUT2D eigenvalue weighted by Gasteiger charge is 2.24. The fourth-order valence-electron chi connectivity index (χ4n) is 2.48. The SMILES string of the molecule is CC1=NN(c2ccccc2C#N)C(=O)C1.COC(=O)CC(C)=O.N#Cc1ccccc1NN. The van der Waals surface area contributed by atoms with E-state index in [0.717, 1.165) is 5.71 Å². The summed E-state index contributed by atoms with van der Waals surface area (Å²) in [5.74, 6) is 4.39. The molecule has 3 N–H and O–H groups in total. The molecule has 170 valence electrons. The lowest BCUT2D eigenvalue weighted by Crippen LogP contribution is -2.20. The van der Waals surface area contributed by atoms with E-state index in [9.17, 15) is 14.4 Å². The Morgan fingerprint density at radius 3 is 2.12 bits per heavy atom. The number of carbonyl (C=O) groups excluding carboxylic acids is 3. The summed E-state index contributed by atoms with van der Waals surface area (Å²) in [6.45, 7) is 3.14. The Balaban J connectivity index is 0.000000265. The van der Waals surface area contributed by atoms with Gasteiger partial charge in [0.2, 0.25) is 0 Å². The summed E-state index contributed by atoms with van der Waals surface area (Å²) in [6.07, 6.45) is 0.219. The molecule has 0 fully saturated rings. The quantitative estimate of drug-likeness (QED) is 0.312. The van der Waals surface area contributed by atoms with Gasteiger partial charge in [0.1, 0.15) is 24.3 Å². The van der Waals surface area contributed by atoms with Crippen molar-refractivity contribution in [3.63, 3.8) is 0 Å². The summed E-state index contributed by atoms with van der Waals surface area (Å²) >= 11 is 0. The number of nitrogens with two attached hydrogens (primary N) is 1. The van der Waals surface area contributed by atoms with E-state index in [2.05, 4.69) is 15.3 Å². The van der Waals surface area contributed by atoms with Crippen LogP contribution >= 0.6 is 0 Å².